The molecule has 4 heteroatoms. The molecule has 2 aromatic rings. The average Bonchev–Trinajstić information content (AvgIpc) is 3.07. The van der Waals surface area contributed by atoms with Crippen LogP contribution in [0.2, 0.25) is 0 Å². The molecule has 0 saturated carbocycles. The average molecular weight is 322 g/mol. The Balaban J connectivity index is 1.75. The molecule has 4 nitrogen and oxygen atoms in total. The number of nitrogens with zero attached hydrogens (tertiary/aromatic N) is 1. The molecule has 124 valence electrons. The van der Waals surface area contributed by atoms with Crippen LogP contribution in [0.15, 0.2) is 48.5 Å². The first-order chi connectivity index (χ1) is 11.6. The fourth-order valence-electron chi connectivity index (χ4n) is 3.20. The van der Waals surface area contributed by atoms with Crippen molar-refractivity contribution in [2.24, 2.45) is 0 Å². The topological polar surface area (TPSA) is 49.4 Å². The van der Waals surface area contributed by atoms with Gasteiger partial charge in [0.2, 0.25) is 5.91 Å². The van der Waals surface area contributed by atoms with Crippen molar-refractivity contribution in [3.05, 3.63) is 65.2 Å². The minimum Gasteiger partial charge on any atom is -0.327 e. The van der Waals surface area contributed by atoms with Crippen LogP contribution in [0.25, 0.3) is 0 Å². The molecule has 0 unspecified atom stereocenters. The number of rotatable bonds is 3. The second-order valence-electron chi connectivity index (χ2n) is 6.33. The smallest absolute Gasteiger partial charge is 0.254 e. The number of likely N-dealkylation sites (tertiary alicyclic amines) is 1. The van der Waals surface area contributed by atoms with Crippen LogP contribution in [0.5, 0.6) is 0 Å². The third-order valence-corrected chi connectivity index (χ3v) is 4.48. The van der Waals surface area contributed by atoms with Crippen LogP contribution in [-0.4, -0.2) is 29.3 Å². The molecule has 0 aliphatic carbocycles. The fourth-order valence-corrected chi connectivity index (χ4v) is 3.20. The first kappa shape index (κ1) is 16.2. The van der Waals surface area contributed by atoms with E-state index in [1.807, 2.05) is 50.2 Å². The molecule has 1 aliphatic rings. The van der Waals surface area contributed by atoms with Gasteiger partial charge in [-0.3, -0.25) is 9.59 Å². The maximum absolute atomic E-state index is 12.7. The molecule has 0 spiro atoms. The predicted octanol–water partition coefficient (Wildman–Crippen LogP) is 3.55. The second-order valence-corrected chi connectivity index (χ2v) is 6.33. The molecule has 0 bridgehead atoms. The number of amides is 2. The fraction of sp³-hybridized carbons (Fsp3) is 0.300. The Hall–Kier alpha value is -2.62. The lowest BCUT2D eigenvalue weighted by Crippen LogP contribution is -2.43. The van der Waals surface area contributed by atoms with Crippen LogP contribution in [0.1, 0.15) is 34.3 Å². The van der Waals surface area contributed by atoms with Gasteiger partial charge in [-0.1, -0.05) is 35.9 Å². The quantitative estimate of drug-likeness (QED) is 0.939. The van der Waals surface area contributed by atoms with Gasteiger partial charge in [0.05, 0.1) is 0 Å². The summed E-state index contributed by atoms with van der Waals surface area (Å²) in [6.07, 6.45) is 1.55. The summed E-state index contributed by atoms with van der Waals surface area (Å²) in [7, 11) is 0. The van der Waals surface area contributed by atoms with Crippen molar-refractivity contribution in [3.63, 3.8) is 0 Å². The molecule has 0 aromatic heterocycles. The van der Waals surface area contributed by atoms with E-state index in [9.17, 15) is 9.59 Å². The van der Waals surface area contributed by atoms with E-state index in [2.05, 4.69) is 5.32 Å². The molecule has 2 aromatic carbocycles. The Morgan fingerprint density at radius 3 is 2.54 bits per heavy atom. The summed E-state index contributed by atoms with van der Waals surface area (Å²) in [6.45, 7) is 4.62. The summed E-state index contributed by atoms with van der Waals surface area (Å²) in [5.41, 5.74) is 3.63. The Morgan fingerprint density at radius 2 is 1.83 bits per heavy atom. The minimum atomic E-state index is -0.404. The van der Waals surface area contributed by atoms with Crippen molar-refractivity contribution in [3.8, 4) is 0 Å². The molecule has 1 atom stereocenters. The van der Waals surface area contributed by atoms with Crippen LogP contribution in [0.4, 0.5) is 5.69 Å². The monoisotopic (exact) mass is 322 g/mol. The predicted molar refractivity (Wildman–Crippen MR) is 95.0 cm³/mol. The zero-order chi connectivity index (χ0) is 17.1. The molecule has 1 N–H and O–H groups in total. The zero-order valence-electron chi connectivity index (χ0n) is 14.1. The van der Waals surface area contributed by atoms with E-state index in [-0.39, 0.29) is 11.8 Å². The number of carbonyl (C=O) groups is 2. The highest BCUT2D eigenvalue weighted by Crippen LogP contribution is 2.23. The summed E-state index contributed by atoms with van der Waals surface area (Å²) in [5, 5.41) is 2.98. The normalized spacial score (nSPS) is 16.9. The summed E-state index contributed by atoms with van der Waals surface area (Å²) >= 11 is 0. The van der Waals surface area contributed by atoms with Crippen LogP contribution in [0, 0.1) is 13.8 Å². The van der Waals surface area contributed by atoms with E-state index >= 15 is 0 Å². The van der Waals surface area contributed by atoms with Gasteiger partial charge in [0.25, 0.3) is 5.91 Å². The minimum absolute atomic E-state index is 0.0751. The van der Waals surface area contributed by atoms with Crippen molar-refractivity contribution >= 4 is 17.5 Å². The van der Waals surface area contributed by atoms with Crippen molar-refractivity contribution in [2.45, 2.75) is 32.7 Å². The molecule has 1 heterocycles. The lowest BCUT2D eigenvalue weighted by molar-refractivity contribution is -0.119. The number of anilines is 1. The van der Waals surface area contributed by atoms with Gasteiger partial charge in [-0.05, 0) is 50.5 Å². The Bertz CT molecular complexity index is 755. The van der Waals surface area contributed by atoms with E-state index in [4.69, 9.17) is 0 Å². The van der Waals surface area contributed by atoms with E-state index in [1.165, 1.54) is 0 Å². The largest absolute Gasteiger partial charge is 0.327 e. The SMILES string of the molecule is Cc1ccc(NC(=O)[C@@H]2CCCN2C(=O)c2ccccc2)c(C)c1. The molecule has 3 rings (SSSR count). The van der Waals surface area contributed by atoms with Crippen LogP contribution in [0.3, 0.4) is 0 Å². The summed E-state index contributed by atoms with van der Waals surface area (Å²) < 4.78 is 0. The molecule has 1 saturated heterocycles. The summed E-state index contributed by atoms with van der Waals surface area (Å²) in [6, 6.07) is 14.7. The molecule has 1 fully saturated rings. The lowest BCUT2D eigenvalue weighted by atomic mass is 10.1. The summed E-state index contributed by atoms with van der Waals surface area (Å²) in [4.78, 5) is 27.1. The van der Waals surface area contributed by atoms with Gasteiger partial charge in [0, 0.05) is 17.8 Å². The number of aryl methyl sites for hydroxylation is 2. The number of benzene rings is 2. The van der Waals surface area contributed by atoms with E-state index in [1.54, 1.807) is 17.0 Å². The van der Waals surface area contributed by atoms with Gasteiger partial charge < -0.3 is 10.2 Å². The number of nitrogens with one attached hydrogen (secondary N) is 1. The van der Waals surface area contributed by atoms with E-state index in [0.29, 0.717) is 18.5 Å². The van der Waals surface area contributed by atoms with Crippen LogP contribution >= 0.6 is 0 Å². The number of hydrogen-bond donors (Lipinski definition) is 1. The number of hydrogen-bond acceptors (Lipinski definition) is 2. The number of carbonyl (C=O) groups excluding carboxylic acids is 2. The molecular weight excluding hydrogens is 300 g/mol. The van der Waals surface area contributed by atoms with Gasteiger partial charge in [-0.25, -0.2) is 0 Å². The van der Waals surface area contributed by atoms with Gasteiger partial charge in [0.1, 0.15) is 6.04 Å². The molecule has 0 radical (unpaired) electrons. The molecule has 1 aliphatic heterocycles. The molecule has 24 heavy (non-hydrogen) atoms. The van der Waals surface area contributed by atoms with E-state index in [0.717, 1.165) is 23.2 Å². The van der Waals surface area contributed by atoms with Crippen LogP contribution in [-0.2, 0) is 4.79 Å². The summed E-state index contributed by atoms with van der Waals surface area (Å²) in [5.74, 6) is -0.183. The standard InChI is InChI=1S/C20H22N2O2/c1-14-10-11-17(15(2)13-14)21-19(23)18-9-6-12-22(18)20(24)16-7-4-3-5-8-16/h3-5,7-8,10-11,13,18H,6,9,12H2,1-2H3,(H,21,23)/t18-/m0/s1. The van der Waals surface area contributed by atoms with Crippen molar-refractivity contribution < 1.29 is 9.59 Å². The van der Waals surface area contributed by atoms with Gasteiger partial charge >= 0.3 is 0 Å². The van der Waals surface area contributed by atoms with Gasteiger partial charge in [-0.2, -0.15) is 0 Å². The Kier molecular flexibility index (Phi) is 4.65. The highest BCUT2D eigenvalue weighted by Gasteiger charge is 2.34. The molecular formula is C20H22N2O2. The van der Waals surface area contributed by atoms with Gasteiger partial charge in [0.15, 0.2) is 0 Å². The Morgan fingerprint density at radius 1 is 1.08 bits per heavy atom. The maximum atomic E-state index is 12.7. The van der Waals surface area contributed by atoms with Crippen LogP contribution < -0.4 is 5.32 Å². The first-order valence-corrected chi connectivity index (χ1v) is 8.30. The Labute approximate surface area is 142 Å². The third-order valence-electron chi connectivity index (χ3n) is 4.48. The van der Waals surface area contributed by atoms with Crippen molar-refractivity contribution in [2.75, 3.05) is 11.9 Å². The highest BCUT2D eigenvalue weighted by atomic mass is 16.2. The zero-order valence-corrected chi connectivity index (χ0v) is 14.1. The first-order valence-electron chi connectivity index (χ1n) is 8.30. The van der Waals surface area contributed by atoms with Gasteiger partial charge in [-0.15, -0.1) is 0 Å². The van der Waals surface area contributed by atoms with Crippen molar-refractivity contribution in [1.82, 2.24) is 4.90 Å². The maximum Gasteiger partial charge on any atom is 0.254 e. The van der Waals surface area contributed by atoms with Crippen molar-refractivity contribution in [1.29, 1.82) is 0 Å². The lowest BCUT2D eigenvalue weighted by Gasteiger charge is -2.24. The van der Waals surface area contributed by atoms with E-state index < -0.39 is 6.04 Å². The molecule has 2 amide bonds. The third kappa shape index (κ3) is 3.32. The second kappa shape index (κ2) is 6.87. The highest BCUT2D eigenvalue weighted by molar-refractivity contribution is 6.01.